The van der Waals surface area contributed by atoms with E-state index in [1.807, 2.05) is 6.07 Å². The lowest BCUT2D eigenvalue weighted by Gasteiger charge is -2.26. The molecule has 1 aliphatic heterocycles. The first kappa shape index (κ1) is 13.3. The van der Waals surface area contributed by atoms with Crippen LogP contribution < -0.4 is 10.6 Å². The number of halogens is 1. The highest BCUT2D eigenvalue weighted by Gasteiger charge is 2.18. The minimum Gasteiger partial charge on any atom is -0.376 e. The highest BCUT2D eigenvalue weighted by molar-refractivity contribution is 5.49. The van der Waals surface area contributed by atoms with Crippen LogP contribution in [0.1, 0.15) is 25.3 Å². The Bertz CT molecular complexity index is 397. The van der Waals surface area contributed by atoms with Gasteiger partial charge < -0.3 is 15.4 Å². The molecule has 4 heteroatoms. The van der Waals surface area contributed by atoms with Crippen molar-refractivity contribution in [2.24, 2.45) is 5.73 Å². The van der Waals surface area contributed by atoms with E-state index >= 15 is 0 Å². The van der Waals surface area contributed by atoms with Crippen LogP contribution in [0, 0.1) is 5.82 Å². The van der Waals surface area contributed by atoms with Crippen molar-refractivity contribution in [1.82, 2.24) is 0 Å². The zero-order valence-corrected chi connectivity index (χ0v) is 10.9. The predicted octanol–water partition coefficient (Wildman–Crippen LogP) is 2.29. The Morgan fingerprint density at radius 2 is 2.28 bits per heavy atom. The van der Waals surface area contributed by atoms with E-state index < -0.39 is 0 Å². The molecule has 1 aromatic rings. The monoisotopic (exact) mass is 252 g/mol. The number of anilines is 1. The quantitative estimate of drug-likeness (QED) is 0.897. The first-order valence-corrected chi connectivity index (χ1v) is 6.59. The van der Waals surface area contributed by atoms with Crippen molar-refractivity contribution in [1.29, 1.82) is 0 Å². The maximum atomic E-state index is 13.5. The van der Waals surface area contributed by atoms with E-state index in [0.717, 1.165) is 43.8 Å². The van der Waals surface area contributed by atoms with Crippen LogP contribution in [0.2, 0.25) is 0 Å². The average Bonchev–Trinajstić information content (AvgIpc) is 2.63. The Morgan fingerprint density at radius 3 is 3.00 bits per heavy atom. The molecule has 1 fully saturated rings. The number of hydrogen-bond donors (Lipinski definition) is 1. The molecule has 1 atom stereocenters. The van der Waals surface area contributed by atoms with Crippen molar-refractivity contribution < 1.29 is 9.13 Å². The van der Waals surface area contributed by atoms with Crippen LogP contribution in [0.4, 0.5) is 10.1 Å². The van der Waals surface area contributed by atoms with Crippen molar-refractivity contribution in [2.45, 2.75) is 32.4 Å². The molecular weight excluding hydrogens is 231 g/mol. The zero-order valence-electron chi connectivity index (χ0n) is 10.9. The molecule has 0 radical (unpaired) electrons. The third kappa shape index (κ3) is 3.21. The molecule has 1 saturated heterocycles. The predicted molar refractivity (Wildman–Crippen MR) is 71.2 cm³/mol. The maximum Gasteiger partial charge on any atom is 0.125 e. The van der Waals surface area contributed by atoms with Crippen molar-refractivity contribution in [2.75, 3.05) is 24.6 Å². The van der Waals surface area contributed by atoms with Gasteiger partial charge in [0.1, 0.15) is 5.82 Å². The molecule has 100 valence electrons. The molecule has 1 aromatic carbocycles. The summed E-state index contributed by atoms with van der Waals surface area (Å²) in [6.45, 7) is 5.00. The van der Waals surface area contributed by atoms with E-state index in [-0.39, 0.29) is 11.9 Å². The Kier molecular flexibility index (Phi) is 4.55. The minimum absolute atomic E-state index is 0.217. The minimum atomic E-state index is -0.217. The van der Waals surface area contributed by atoms with E-state index in [0.29, 0.717) is 6.54 Å². The maximum absolute atomic E-state index is 13.5. The Balaban J connectivity index is 2.20. The van der Waals surface area contributed by atoms with Crippen LogP contribution in [0.25, 0.3) is 0 Å². The van der Waals surface area contributed by atoms with Gasteiger partial charge in [0.25, 0.3) is 0 Å². The first-order valence-electron chi connectivity index (χ1n) is 6.59. The van der Waals surface area contributed by atoms with Crippen LogP contribution >= 0.6 is 0 Å². The highest BCUT2D eigenvalue weighted by atomic mass is 19.1. The molecular formula is C14H21FN2O. The fraction of sp³-hybridized carbons (Fsp3) is 0.571. The summed E-state index contributed by atoms with van der Waals surface area (Å²) in [5.41, 5.74) is 7.34. The molecule has 2 rings (SSSR count). The average molecular weight is 252 g/mol. The third-order valence-electron chi connectivity index (χ3n) is 3.35. The number of nitrogens with zero attached hydrogens (tertiary/aromatic N) is 1. The molecule has 0 spiro atoms. The highest BCUT2D eigenvalue weighted by Crippen LogP contribution is 2.21. The van der Waals surface area contributed by atoms with E-state index in [4.69, 9.17) is 10.5 Å². The lowest BCUT2D eigenvalue weighted by molar-refractivity contribution is 0.0664. The summed E-state index contributed by atoms with van der Waals surface area (Å²) in [6.07, 6.45) is 2.19. The van der Waals surface area contributed by atoms with Gasteiger partial charge in [-0.3, -0.25) is 0 Å². The molecule has 1 heterocycles. The van der Waals surface area contributed by atoms with Crippen molar-refractivity contribution in [3.05, 3.63) is 29.6 Å². The number of ether oxygens (including phenoxy) is 1. The first-order chi connectivity index (χ1) is 8.72. The number of rotatable bonds is 3. The Labute approximate surface area is 108 Å². The summed E-state index contributed by atoms with van der Waals surface area (Å²) >= 11 is 0. The van der Waals surface area contributed by atoms with Gasteiger partial charge in [0, 0.05) is 31.9 Å². The van der Waals surface area contributed by atoms with E-state index in [2.05, 4.69) is 11.8 Å². The van der Waals surface area contributed by atoms with Crippen LogP contribution in [0.15, 0.2) is 18.2 Å². The topological polar surface area (TPSA) is 38.5 Å². The third-order valence-corrected chi connectivity index (χ3v) is 3.35. The molecule has 0 saturated carbocycles. The molecule has 0 aliphatic carbocycles. The summed E-state index contributed by atoms with van der Waals surface area (Å²) in [5.74, 6) is -0.217. The zero-order chi connectivity index (χ0) is 13.0. The summed E-state index contributed by atoms with van der Waals surface area (Å²) < 4.78 is 19.3. The largest absolute Gasteiger partial charge is 0.376 e. The lowest BCUT2D eigenvalue weighted by atomic mass is 10.1. The van der Waals surface area contributed by atoms with Gasteiger partial charge in [-0.15, -0.1) is 0 Å². The van der Waals surface area contributed by atoms with Crippen LogP contribution in [-0.4, -0.2) is 25.8 Å². The second-order valence-electron chi connectivity index (χ2n) is 4.72. The fourth-order valence-electron chi connectivity index (χ4n) is 2.31. The molecule has 18 heavy (non-hydrogen) atoms. The molecule has 1 aliphatic rings. The van der Waals surface area contributed by atoms with Crippen LogP contribution in [-0.2, 0) is 11.3 Å². The molecule has 1 unspecified atom stereocenters. The summed E-state index contributed by atoms with van der Waals surface area (Å²) in [6, 6.07) is 5.05. The van der Waals surface area contributed by atoms with Gasteiger partial charge in [-0.1, -0.05) is 6.92 Å². The molecule has 0 amide bonds. The molecule has 0 bridgehead atoms. The summed E-state index contributed by atoms with van der Waals surface area (Å²) in [5, 5.41) is 0. The van der Waals surface area contributed by atoms with Crippen molar-refractivity contribution >= 4 is 5.69 Å². The second-order valence-corrected chi connectivity index (χ2v) is 4.72. The van der Waals surface area contributed by atoms with Crippen molar-refractivity contribution in [3.63, 3.8) is 0 Å². The van der Waals surface area contributed by atoms with Crippen LogP contribution in [0.5, 0.6) is 0 Å². The van der Waals surface area contributed by atoms with Gasteiger partial charge in [-0.05, 0) is 36.6 Å². The summed E-state index contributed by atoms with van der Waals surface area (Å²) in [7, 11) is 0. The van der Waals surface area contributed by atoms with E-state index in [1.54, 1.807) is 6.07 Å². The van der Waals surface area contributed by atoms with E-state index in [9.17, 15) is 4.39 Å². The van der Waals surface area contributed by atoms with E-state index in [1.165, 1.54) is 6.07 Å². The van der Waals surface area contributed by atoms with Gasteiger partial charge in [-0.2, -0.15) is 0 Å². The smallest absolute Gasteiger partial charge is 0.125 e. The number of benzene rings is 1. The van der Waals surface area contributed by atoms with Crippen LogP contribution in [0.3, 0.4) is 0 Å². The molecule has 3 nitrogen and oxygen atoms in total. The number of hydrogen-bond acceptors (Lipinski definition) is 3. The Hall–Kier alpha value is -1.13. The van der Waals surface area contributed by atoms with Gasteiger partial charge in [0.2, 0.25) is 0 Å². The fourth-order valence-corrected chi connectivity index (χ4v) is 2.31. The molecule has 2 N–H and O–H groups in total. The number of nitrogens with two attached hydrogens (primary N) is 1. The second kappa shape index (κ2) is 6.16. The van der Waals surface area contributed by atoms with Gasteiger partial charge in [0.05, 0.1) is 6.10 Å². The van der Waals surface area contributed by atoms with Gasteiger partial charge in [-0.25, -0.2) is 4.39 Å². The Morgan fingerprint density at radius 1 is 1.44 bits per heavy atom. The SMILES string of the molecule is CCC1CN(c2cc(F)cc(CN)c2)CCCO1. The van der Waals surface area contributed by atoms with Crippen molar-refractivity contribution in [3.8, 4) is 0 Å². The molecule has 0 aromatic heterocycles. The normalized spacial score (nSPS) is 20.8. The van der Waals surface area contributed by atoms with Gasteiger partial charge in [0.15, 0.2) is 0 Å². The summed E-state index contributed by atoms with van der Waals surface area (Å²) in [4.78, 5) is 2.20. The standard InChI is InChI=1S/C14H21FN2O/c1-2-14-10-17(4-3-5-18-14)13-7-11(9-16)6-12(15)8-13/h6-8,14H,2-5,9-10,16H2,1H3. The van der Waals surface area contributed by atoms with Gasteiger partial charge >= 0.3 is 0 Å². The lowest BCUT2D eigenvalue weighted by Crippen LogP contribution is -2.31.